The van der Waals surface area contributed by atoms with Crippen molar-refractivity contribution >= 4 is 35.0 Å². The van der Waals surface area contributed by atoms with Gasteiger partial charge in [-0.3, -0.25) is 4.79 Å². The van der Waals surface area contributed by atoms with Gasteiger partial charge < -0.3 is 14.6 Å². The Morgan fingerprint density at radius 2 is 1.79 bits per heavy atom. The topological polar surface area (TPSA) is 69.0 Å². The van der Waals surface area contributed by atoms with Gasteiger partial charge in [-0.2, -0.15) is 0 Å². The molecule has 0 saturated carbocycles. The van der Waals surface area contributed by atoms with Gasteiger partial charge in [0.1, 0.15) is 5.75 Å². The van der Waals surface area contributed by atoms with Crippen LogP contribution in [-0.2, 0) is 4.79 Å². The van der Waals surface area contributed by atoms with Crippen molar-refractivity contribution in [3.05, 3.63) is 64.4 Å². The third-order valence-corrected chi connectivity index (χ3v) is 6.66. The number of hydrogen-bond acceptors (Lipinski definition) is 5. The molecule has 0 fully saturated rings. The number of rotatable bonds is 9. The molecule has 0 bridgehead atoms. The van der Waals surface area contributed by atoms with Crippen molar-refractivity contribution < 1.29 is 9.53 Å². The number of hydrogen-bond donors (Lipinski definition) is 1. The molecular weight excluding hydrogens is 456 g/mol. The molecule has 3 rings (SSSR count). The summed E-state index contributed by atoms with van der Waals surface area (Å²) in [7, 11) is 0. The van der Waals surface area contributed by atoms with Gasteiger partial charge in [-0.25, -0.2) is 0 Å². The summed E-state index contributed by atoms with van der Waals surface area (Å²) in [4.78, 5) is 12.5. The molecule has 1 amide bonds. The van der Waals surface area contributed by atoms with Crippen molar-refractivity contribution in [3.8, 4) is 5.75 Å². The Hall–Kier alpha value is -2.51. The predicted molar refractivity (Wildman–Crippen MR) is 136 cm³/mol. The Balaban J connectivity index is 1.68. The van der Waals surface area contributed by atoms with Crippen molar-refractivity contribution in [3.63, 3.8) is 0 Å². The molecule has 1 heterocycles. The molecular formula is C25H31ClN4O2S. The smallest absolute Gasteiger partial charge is 0.234 e. The second-order valence-corrected chi connectivity index (χ2v) is 9.89. The zero-order valence-electron chi connectivity index (χ0n) is 19.9. The molecule has 0 aliphatic rings. The van der Waals surface area contributed by atoms with Crippen molar-refractivity contribution in [2.75, 3.05) is 11.1 Å². The van der Waals surface area contributed by atoms with Gasteiger partial charge in [0.2, 0.25) is 5.91 Å². The van der Waals surface area contributed by atoms with E-state index in [2.05, 4.69) is 55.3 Å². The minimum Gasteiger partial charge on any atom is -0.483 e. The minimum absolute atomic E-state index is 0.116. The highest BCUT2D eigenvalue weighted by Gasteiger charge is 2.22. The monoisotopic (exact) mass is 486 g/mol. The average Bonchev–Trinajstić information content (AvgIpc) is 3.20. The Morgan fingerprint density at radius 1 is 1.09 bits per heavy atom. The zero-order valence-corrected chi connectivity index (χ0v) is 21.5. The number of carbonyl (C=O) groups is 1. The molecule has 0 radical (unpaired) electrons. The number of anilines is 1. The van der Waals surface area contributed by atoms with E-state index in [0.29, 0.717) is 21.8 Å². The van der Waals surface area contributed by atoms with Gasteiger partial charge >= 0.3 is 0 Å². The van der Waals surface area contributed by atoms with Crippen LogP contribution in [0, 0.1) is 6.92 Å². The number of carbonyl (C=O) groups excluding carboxylic acids is 1. The normalized spacial score (nSPS) is 12.3. The molecule has 0 aliphatic carbocycles. The summed E-state index contributed by atoms with van der Waals surface area (Å²) < 4.78 is 8.17. The molecule has 8 heteroatoms. The lowest BCUT2D eigenvalue weighted by atomic mass is 10.0. The second kappa shape index (κ2) is 11.1. The van der Waals surface area contributed by atoms with E-state index in [4.69, 9.17) is 16.3 Å². The Kier molecular flexibility index (Phi) is 8.43. The predicted octanol–water partition coefficient (Wildman–Crippen LogP) is 6.82. The average molecular weight is 487 g/mol. The van der Waals surface area contributed by atoms with Crippen LogP contribution < -0.4 is 10.1 Å². The number of nitrogens with zero attached hydrogens (tertiary/aromatic N) is 3. The van der Waals surface area contributed by atoms with E-state index in [0.717, 1.165) is 17.1 Å². The molecule has 1 atom stereocenters. The maximum Gasteiger partial charge on any atom is 0.234 e. The van der Waals surface area contributed by atoms with E-state index >= 15 is 0 Å². The molecule has 1 unspecified atom stereocenters. The lowest BCUT2D eigenvalue weighted by Gasteiger charge is -2.19. The van der Waals surface area contributed by atoms with Crippen molar-refractivity contribution in [2.24, 2.45) is 0 Å². The number of nitrogens with one attached hydrogen (secondary N) is 1. The highest BCUT2D eigenvalue weighted by Crippen LogP contribution is 2.29. The molecule has 0 spiro atoms. The Morgan fingerprint density at radius 3 is 2.42 bits per heavy atom. The van der Waals surface area contributed by atoms with Crippen LogP contribution in [0.25, 0.3) is 0 Å². The van der Waals surface area contributed by atoms with Gasteiger partial charge in [0.05, 0.1) is 5.75 Å². The summed E-state index contributed by atoms with van der Waals surface area (Å²) in [5.74, 6) is 2.07. The molecule has 2 aromatic carbocycles. The first-order valence-corrected chi connectivity index (χ1v) is 12.4. The first kappa shape index (κ1) is 25.1. The zero-order chi connectivity index (χ0) is 24.1. The number of aromatic nitrogens is 3. The van der Waals surface area contributed by atoms with E-state index < -0.39 is 0 Å². The van der Waals surface area contributed by atoms with Crippen LogP contribution in [0.15, 0.2) is 47.6 Å². The number of benzene rings is 2. The lowest BCUT2D eigenvalue weighted by molar-refractivity contribution is -0.113. The molecule has 6 nitrogen and oxygen atoms in total. The molecule has 3 aromatic rings. The lowest BCUT2D eigenvalue weighted by Crippen LogP contribution is -2.17. The molecule has 1 aromatic heterocycles. The van der Waals surface area contributed by atoms with E-state index in [1.807, 2.05) is 42.7 Å². The number of halogens is 1. The number of ether oxygens (including phenoxy) is 1. The van der Waals surface area contributed by atoms with Crippen LogP contribution in [0.2, 0.25) is 5.02 Å². The van der Waals surface area contributed by atoms with E-state index in [-0.39, 0.29) is 23.8 Å². The fraction of sp³-hybridized carbons (Fsp3) is 0.400. The number of thioether (sulfide) groups is 1. The van der Waals surface area contributed by atoms with Crippen LogP contribution in [-0.4, -0.2) is 26.4 Å². The van der Waals surface area contributed by atoms with Crippen molar-refractivity contribution in [2.45, 2.75) is 64.8 Å². The van der Waals surface area contributed by atoms with Crippen LogP contribution in [0.3, 0.4) is 0 Å². The SMILES string of the molecule is Cc1c(Cl)cccc1NC(=O)CSc1nnc(C(C)Oc2ccc(C(C)C)cc2)n1C(C)C. The third-order valence-electron chi connectivity index (χ3n) is 5.30. The van der Waals surface area contributed by atoms with Gasteiger partial charge in [0.25, 0.3) is 0 Å². The van der Waals surface area contributed by atoms with E-state index in [1.54, 1.807) is 6.07 Å². The quantitative estimate of drug-likeness (QED) is 0.336. The molecule has 176 valence electrons. The van der Waals surface area contributed by atoms with Crippen LogP contribution in [0.4, 0.5) is 5.69 Å². The van der Waals surface area contributed by atoms with Crippen LogP contribution in [0.1, 0.15) is 69.6 Å². The van der Waals surface area contributed by atoms with Gasteiger partial charge in [-0.15, -0.1) is 10.2 Å². The Bertz CT molecular complexity index is 1100. The summed E-state index contributed by atoms with van der Waals surface area (Å²) >= 11 is 7.50. The first-order chi connectivity index (χ1) is 15.7. The van der Waals surface area contributed by atoms with E-state index in [1.165, 1.54) is 17.3 Å². The van der Waals surface area contributed by atoms with Gasteiger partial charge in [0, 0.05) is 16.8 Å². The number of amides is 1. The highest BCUT2D eigenvalue weighted by atomic mass is 35.5. The van der Waals surface area contributed by atoms with Crippen molar-refractivity contribution in [1.82, 2.24) is 14.8 Å². The summed E-state index contributed by atoms with van der Waals surface area (Å²) in [5.41, 5.74) is 2.83. The van der Waals surface area contributed by atoms with Gasteiger partial charge in [0.15, 0.2) is 17.1 Å². The fourth-order valence-electron chi connectivity index (χ4n) is 3.40. The summed E-state index contributed by atoms with van der Waals surface area (Å²) in [6, 6.07) is 13.7. The maximum absolute atomic E-state index is 12.5. The maximum atomic E-state index is 12.5. The fourth-order valence-corrected chi connectivity index (χ4v) is 4.45. The van der Waals surface area contributed by atoms with Gasteiger partial charge in [-0.05, 0) is 69.0 Å². The molecule has 33 heavy (non-hydrogen) atoms. The summed E-state index contributed by atoms with van der Waals surface area (Å²) in [6.45, 7) is 12.3. The van der Waals surface area contributed by atoms with Crippen LogP contribution >= 0.6 is 23.4 Å². The Labute approximate surface area is 205 Å². The van der Waals surface area contributed by atoms with Crippen molar-refractivity contribution in [1.29, 1.82) is 0 Å². The minimum atomic E-state index is -0.290. The standard InChI is InChI=1S/C25H31ClN4O2S/c1-15(2)19-10-12-20(13-11-19)32-18(6)24-28-29-25(30(24)16(3)4)33-14-23(31)27-22-9-7-8-21(26)17(22)5/h7-13,15-16,18H,14H2,1-6H3,(H,27,31). The third kappa shape index (κ3) is 6.30. The summed E-state index contributed by atoms with van der Waals surface area (Å²) in [5, 5.41) is 13.0. The first-order valence-electron chi connectivity index (χ1n) is 11.1. The van der Waals surface area contributed by atoms with E-state index in [9.17, 15) is 4.79 Å². The highest BCUT2D eigenvalue weighted by molar-refractivity contribution is 7.99. The largest absolute Gasteiger partial charge is 0.483 e. The van der Waals surface area contributed by atoms with Gasteiger partial charge in [-0.1, -0.05) is 55.4 Å². The molecule has 1 N–H and O–H groups in total. The van der Waals surface area contributed by atoms with Crippen LogP contribution in [0.5, 0.6) is 5.75 Å². The second-order valence-electron chi connectivity index (χ2n) is 8.54. The molecule has 0 aliphatic heterocycles. The molecule has 0 saturated heterocycles. The summed E-state index contributed by atoms with van der Waals surface area (Å²) in [6.07, 6.45) is -0.290.